The number of nitrogens with one attached hydrogen (secondary N) is 1. The van der Waals surface area contributed by atoms with Gasteiger partial charge < -0.3 is 4.74 Å². The minimum absolute atomic E-state index is 0.294. The Morgan fingerprint density at radius 2 is 1.76 bits per heavy atom. The SMILES string of the molecule is COc1ccc(NS(=O)(=O)c2cccs2)c2ccccc12. The molecule has 6 heteroatoms. The number of rotatable bonds is 4. The Balaban J connectivity index is 2.10. The molecule has 0 aliphatic rings. The third-order valence-corrected chi connectivity index (χ3v) is 5.87. The van der Waals surface area contributed by atoms with Crippen molar-refractivity contribution < 1.29 is 13.2 Å². The fourth-order valence-corrected chi connectivity index (χ4v) is 4.22. The van der Waals surface area contributed by atoms with Crippen molar-refractivity contribution in [1.29, 1.82) is 0 Å². The Morgan fingerprint density at radius 1 is 1.00 bits per heavy atom. The van der Waals surface area contributed by atoms with Gasteiger partial charge in [-0.2, -0.15) is 0 Å². The minimum Gasteiger partial charge on any atom is -0.496 e. The summed E-state index contributed by atoms with van der Waals surface area (Å²) >= 11 is 1.19. The lowest BCUT2D eigenvalue weighted by Crippen LogP contribution is -2.11. The fourth-order valence-electron chi connectivity index (χ4n) is 2.15. The molecule has 0 atom stereocenters. The molecule has 3 aromatic rings. The summed E-state index contributed by atoms with van der Waals surface area (Å²) in [4.78, 5) is 0. The maximum absolute atomic E-state index is 12.3. The highest BCUT2D eigenvalue weighted by Crippen LogP contribution is 2.32. The standard InChI is InChI=1S/C15H13NO3S2/c1-19-14-9-8-13(11-5-2-3-6-12(11)14)16-21(17,18)15-7-4-10-20-15/h2-10,16H,1H3. The van der Waals surface area contributed by atoms with Gasteiger partial charge in [0.1, 0.15) is 9.96 Å². The number of anilines is 1. The van der Waals surface area contributed by atoms with Crippen molar-refractivity contribution in [3.05, 3.63) is 53.9 Å². The second-order valence-corrected chi connectivity index (χ2v) is 7.26. The average molecular weight is 319 g/mol. The van der Waals surface area contributed by atoms with Crippen LogP contribution in [0.3, 0.4) is 0 Å². The Morgan fingerprint density at radius 3 is 2.43 bits per heavy atom. The van der Waals surface area contributed by atoms with Crippen LogP contribution >= 0.6 is 11.3 Å². The zero-order valence-corrected chi connectivity index (χ0v) is 12.9. The van der Waals surface area contributed by atoms with Gasteiger partial charge in [0.05, 0.1) is 12.8 Å². The third kappa shape index (κ3) is 2.59. The lowest BCUT2D eigenvalue weighted by molar-refractivity contribution is 0.420. The zero-order valence-electron chi connectivity index (χ0n) is 11.2. The molecule has 1 heterocycles. The molecule has 0 saturated heterocycles. The Kier molecular flexibility index (Phi) is 3.57. The van der Waals surface area contributed by atoms with E-state index >= 15 is 0 Å². The van der Waals surface area contributed by atoms with Crippen LogP contribution in [0.25, 0.3) is 10.8 Å². The van der Waals surface area contributed by atoms with Crippen LogP contribution in [0, 0.1) is 0 Å². The third-order valence-electron chi connectivity index (χ3n) is 3.11. The molecule has 0 unspecified atom stereocenters. The normalized spacial score (nSPS) is 11.5. The van der Waals surface area contributed by atoms with Crippen molar-refractivity contribution >= 4 is 37.8 Å². The first kappa shape index (κ1) is 13.9. The summed E-state index contributed by atoms with van der Waals surface area (Å²) in [6, 6.07) is 14.3. The molecule has 3 rings (SSSR count). The quantitative estimate of drug-likeness (QED) is 0.797. The van der Waals surface area contributed by atoms with E-state index in [1.807, 2.05) is 24.3 Å². The molecule has 0 aliphatic carbocycles. The van der Waals surface area contributed by atoms with Crippen molar-refractivity contribution in [2.75, 3.05) is 11.8 Å². The van der Waals surface area contributed by atoms with E-state index in [1.54, 1.807) is 36.8 Å². The molecule has 108 valence electrons. The number of sulfonamides is 1. The second-order valence-electron chi connectivity index (χ2n) is 4.40. The molecule has 0 bridgehead atoms. The number of hydrogen-bond acceptors (Lipinski definition) is 4. The summed E-state index contributed by atoms with van der Waals surface area (Å²) in [5.74, 6) is 0.713. The molecule has 2 aromatic carbocycles. The molecule has 0 radical (unpaired) electrons. The molecule has 0 aliphatic heterocycles. The first-order valence-corrected chi connectivity index (χ1v) is 8.60. The minimum atomic E-state index is -3.55. The summed E-state index contributed by atoms with van der Waals surface area (Å²) in [6.45, 7) is 0. The molecule has 1 N–H and O–H groups in total. The Bertz CT molecular complexity index is 871. The van der Waals surface area contributed by atoms with E-state index in [4.69, 9.17) is 4.74 Å². The van der Waals surface area contributed by atoms with Gasteiger partial charge in [0.25, 0.3) is 10.0 Å². The van der Waals surface area contributed by atoms with Crippen LogP contribution < -0.4 is 9.46 Å². The highest BCUT2D eigenvalue weighted by Gasteiger charge is 2.17. The summed E-state index contributed by atoms with van der Waals surface area (Å²) in [6.07, 6.45) is 0. The summed E-state index contributed by atoms with van der Waals surface area (Å²) in [5.41, 5.74) is 0.541. The summed E-state index contributed by atoms with van der Waals surface area (Å²) in [5, 5.41) is 3.41. The predicted molar refractivity (Wildman–Crippen MR) is 85.6 cm³/mol. The van der Waals surface area contributed by atoms with Crippen molar-refractivity contribution in [2.24, 2.45) is 0 Å². The highest BCUT2D eigenvalue weighted by atomic mass is 32.2. The monoisotopic (exact) mass is 319 g/mol. The maximum Gasteiger partial charge on any atom is 0.271 e. The first-order chi connectivity index (χ1) is 10.1. The molecule has 21 heavy (non-hydrogen) atoms. The van der Waals surface area contributed by atoms with E-state index in [-0.39, 0.29) is 0 Å². The van der Waals surface area contributed by atoms with Gasteiger partial charge in [-0.05, 0) is 23.6 Å². The predicted octanol–water partition coefficient (Wildman–Crippen LogP) is 3.71. The van der Waals surface area contributed by atoms with Crippen LogP contribution in [-0.2, 0) is 10.0 Å². The average Bonchev–Trinajstić information content (AvgIpc) is 3.02. The van der Waals surface area contributed by atoms with Gasteiger partial charge in [-0.25, -0.2) is 8.42 Å². The van der Waals surface area contributed by atoms with E-state index in [9.17, 15) is 8.42 Å². The second kappa shape index (κ2) is 5.38. The summed E-state index contributed by atoms with van der Waals surface area (Å²) in [7, 11) is -1.96. The van der Waals surface area contributed by atoms with Gasteiger partial charge in [-0.1, -0.05) is 30.3 Å². The van der Waals surface area contributed by atoms with E-state index in [0.29, 0.717) is 15.6 Å². The van der Waals surface area contributed by atoms with E-state index < -0.39 is 10.0 Å². The van der Waals surface area contributed by atoms with Crippen LogP contribution in [0.4, 0.5) is 5.69 Å². The molecular formula is C15H13NO3S2. The van der Waals surface area contributed by atoms with Crippen LogP contribution in [0.15, 0.2) is 58.1 Å². The maximum atomic E-state index is 12.3. The smallest absolute Gasteiger partial charge is 0.271 e. The number of thiophene rings is 1. The lowest BCUT2D eigenvalue weighted by atomic mass is 10.1. The van der Waals surface area contributed by atoms with Crippen molar-refractivity contribution in [2.45, 2.75) is 4.21 Å². The first-order valence-electron chi connectivity index (χ1n) is 6.24. The number of ether oxygens (including phenoxy) is 1. The van der Waals surface area contributed by atoms with E-state index in [2.05, 4.69) is 4.72 Å². The van der Waals surface area contributed by atoms with Gasteiger partial charge in [0.15, 0.2) is 0 Å². The highest BCUT2D eigenvalue weighted by molar-refractivity contribution is 7.94. The van der Waals surface area contributed by atoms with Crippen molar-refractivity contribution in [3.8, 4) is 5.75 Å². The molecule has 0 fully saturated rings. The Labute approximate surface area is 127 Å². The summed E-state index contributed by atoms with van der Waals surface area (Å²) < 4.78 is 32.9. The molecule has 4 nitrogen and oxygen atoms in total. The van der Waals surface area contributed by atoms with Gasteiger partial charge in [-0.3, -0.25) is 4.72 Å². The van der Waals surface area contributed by atoms with Gasteiger partial charge in [0.2, 0.25) is 0 Å². The van der Waals surface area contributed by atoms with Crippen LogP contribution in [0.1, 0.15) is 0 Å². The van der Waals surface area contributed by atoms with Crippen molar-refractivity contribution in [1.82, 2.24) is 0 Å². The Hall–Kier alpha value is -2.05. The van der Waals surface area contributed by atoms with Gasteiger partial charge in [-0.15, -0.1) is 11.3 Å². The fraction of sp³-hybridized carbons (Fsp3) is 0.0667. The molecule has 0 spiro atoms. The van der Waals surface area contributed by atoms with Gasteiger partial charge >= 0.3 is 0 Å². The zero-order chi connectivity index (χ0) is 14.9. The molecule has 0 amide bonds. The largest absolute Gasteiger partial charge is 0.496 e. The van der Waals surface area contributed by atoms with Crippen molar-refractivity contribution in [3.63, 3.8) is 0 Å². The number of hydrogen-bond donors (Lipinski definition) is 1. The topological polar surface area (TPSA) is 55.4 Å². The van der Waals surface area contributed by atoms with Gasteiger partial charge in [0, 0.05) is 10.8 Å². The van der Waals surface area contributed by atoms with Crippen LogP contribution in [0.2, 0.25) is 0 Å². The lowest BCUT2D eigenvalue weighted by Gasteiger charge is -2.12. The van der Waals surface area contributed by atoms with E-state index in [0.717, 1.165) is 10.8 Å². The molecule has 1 aromatic heterocycles. The van der Waals surface area contributed by atoms with Crippen LogP contribution in [-0.4, -0.2) is 15.5 Å². The number of benzene rings is 2. The molecule has 0 saturated carbocycles. The van der Waals surface area contributed by atoms with Crippen LogP contribution in [0.5, 0.6) is 5.75 Å². The molecular weight excluding hydrogens is 306 g/mol. The number of methoxy groups -OCH3 is 1. The number of fused-ring (bicyclic) bond motifs is 1. The van der Waals surface area contributed by atoms with E-state index in [1.165, 1.54) is 11.3 Å².